The first-order valence-corrected chi connectivity index (χ1v) is 5.67. The van der Waals surface area contributed by atoms with Crippen LogP contribution in [0.25, 0.3) is 0 Å². The molecule has 100 valence electrons. The highest BCUT2D eigenvalue weighted by molar-refractivity contribution is 5.70. The number of nitrogens with two attached hydrogens (primary N) is 2. The van der Waals surface area contributed by atoms with Gasteiger partial charge in [-0.2, -0.15) is 13.2 Å². The van der Waals surface area contributed by atoms with Gasteiger partial charge in [0, 0.05) is 6.42 Å². The molecule has 0 aromatic heterocycles. The van der Waals surface area contributed by atoms with Gasteiger partial charge < -0.3 is 11.5 Å². The predicted octanol–water partition coefficient (Wildman–Crippen LogP) is 3.46. The summed E-state index contributed by atoms with van der Waals surface area (Å²) < 4.78 is 38.9. The Bertz CT molecular complexity index is 577. The molecule has 0 saturated heterocycles. The molecule has 0 bridgehead atoms. The van der Waals surface area contributed by atoms with E-state index in [-0.39, 0.29) is 23.4 Å². The minimum absolute atomic E-state index is 0.00122. The average molecular weight is 266 g/mol. The number of halogens is 3. The van der Waals surface area contributed by atoms with E-state index >= 15 is 0 Å². The Labute approximate surface area is 108 Å². The fourth-order valence-corrected chi connectivity index (χ4v) is 1.94. The summed E-state index contributed by atoms with van der Waals surface area (Å²) in [5.41, 5.74) is 11.5. The van der Waals surface area contributed by atoms with Crippen LogP contribution in [0.2, 0.25) is 0 Å². The zero-order valence-electron chi connectivity index (χ0n) is 10.0. The molecule has 2 aromatic rings. The molecule has 0 atom stereocenters. The molecule has 0 unspecified atom stereocenters. The van der Waals surface area contributed by atoms with Gasteiger partial charge in [0.05, 0.1) is 16.9 Å². The van der Waals surface area contributed by atoms with Gasteiger partial charge in [-0.25, -0.2) is 0 Å². The zero-order chi connectivity index (χ0) is 14.0. The van der Waals surface area contributed by atoms with Gasteiger partial charge in [0.1, 0.15) is 0 Å². The highest BCUT2D eigenvalue weighted by Crippen LogP contribution is 2.37. The van der Waals surface area contributed by atoms with Gasteiger partial charge in [0.15, 0.2) is 0 Å². The first-order chi connectivity index (χ1) is 8.89. The van der Waals surface area contributed by atoms with Gasteiger partial charge in [-0.3, -0.25) is 0 Å². The Morgan fingerprint density at radius 3 is 2.11 bits per heavy atom. The van der Waals surface area contributed by atoms with Crippen LogP contribution in [0, 0.1) is 0 Å². The third-order valence-corrected chi connectivity index (χ3v) is 2.92. The summed E-state index contributed by atoms with van der Waals surface area (Å²) in [5, 5.41) is 0. The third-order valence-electron chi connectivity index (χ3n) is 2.92. The highest BCUT2D eigenvalue weighted by atomic mass is 19.4. The van der Waals surface area contributed by atoms with Gasteiger partial charge >= 0.3 is 6.18 Å². The number of benzene rings is 2. The van der Waals surface area contributed by atoms with E-state index in [2.05, 4.69) is 0 Å². The van der Waals surface area contributed by atoms with Crippen LogP contribution in [-0.4, -0.2) is 0 Å². The number of hydrogen-bond acceptors (Lipinski definition) is 2. The molecule has 0 amide bonds. The molecule has 0 radical (unpaired) electrons. The highest BCUT2D eigenvalue weighted by Gasteiger charge is 2.34. The maximum absolute atomic E-state index is 13.0. The maximum atomic E-state index is 13.0. The summed E-state index contributed by atoms with van der Waals surface area (Å²) in [6.45, 7) is 0. The van der Waals surface area contributed by atoms with Crippen LogP contribution in [0.5, 0.6) is 0 Å². The van der Waals surface area contributed by atoms with Crippen LogP contribution in [-0.2, 0) is 12.6 Å². The van der Waals surface area contributed by atoms with Crippen LogP contribution in [0.15, 0.2) is 42.5 Å². The van der Waals surface area contributed by atoms with E-state index in [1.165, 1.54) is 6.07 Å². The molecule has 19 heavy (non-hydrogen) atoms. The molecule has 0 spiro atoms. The van der Waals surface area contributed by atoms with E-state index in [0.29, 0.717) is 0 Å². The summed E-state index contributed by atoms with van der Waals surface area (Å²) in [7, 11) is 0. The van der Waals surface area contributed by atoms with Crippen molar-refractivity contribution in [3.8, 4) is 0 Å². The van der Waals surface area contributed by atoms with Crippen LogP contribution < -0.4 is 11.5 Å². The Morgan fingerprint density at radius 2 is 1.53 bits per heavy atom. The summed E-state index contributed by atoms with van der Waals surface area (Å²) in [6.07, 6.45) is -4.33. The fraction of sp³-hybridized carbons (Fsp3) is 0.143. The van der Waals surface area contributed by atoms with E-state index in [0.717, 1.165) is 11.6 Å². The summed E-state index contributed by atoms with van der Waals surface area (Å²) in [4.78, 5) is 0. The normalized spacial score (nSPS) is 11.5. The van der Waals surface area contributed by atoms with E-state index in [1.807, 2.05) is 0 Å². The topological polar surface area (TPSA) is 52.0 Å². The molecule has 0 aliphatic heterocycles. The number of anilines is 2. The Kier molecular flexibility index (Phi) is 3.38. The molecule has 0 saturated carbocycles. The van der Waals surface area contributed by atoms with Gasteiger partial charge in [0.2, 0.25) is 0 Å². The van der Waals surface area contributed by atoms with Gasteiger partial charge in [-0.1, -0.05) is 30.3 Å². The zero-order valence-corrected chi connectivity index (χ0v) is 10.0. The lowest BCUT2D eigenvalue weighted by Gasteiger charge is -2.16. The van der Waals surface area contributed by atoms with Crippen molar-refractivity contribution in [3.63, 3.8) is 0 Å². The minimum Gasteiger partial charge on any atom is -0.397 e. The van der Waals surface area contributed by atoms with Crippen molar-refractivity contribution in [2.75, 3.05) is 11.5 Å². The Hall–Kier alpha value is -2.17. The molecule has 0 fully saturated rings. The number of nitrogen functional groups attached to an aromatic ring is 2. The first-order valence-electron chi connectivity index (χ1n) is 5.67. The predicted molar refractivity (Wildman–Crippen MR) is 69.5 cm³/mol. The smallest absolute Gasteiger partial charge is 0.397 e. The van der Waals surface area contributed by atoms with Crippen molar-refractivity contribution >= 4 is 11.4 Å². The summed E-state index contributed by atoms with van der Waals surface area (Å²) in [5.74, 6) is 0. The largest absolute Gasteiger partial charge is 0.416 e. The standard InChI is InChI=1S/C14H13F3N2/c15-14(16,17)11-6-7-12(18)13(19)10(11)8-9-4-2-1-3-5-9/h1-7H,8,18-19H2. The van der Waals surface area contributed by atoms with Crippen LogP contribution in [0.4, 0.5) is 24.5 Å². The molecule has 0 heterocycles. The SMILES string of the molecule is Nc1ccc(C(F)(F)F)c(Cc2ccccc2)c1N. The minimum atomic E-state index is -4.44. The number of alkyl halides is 3. The summed E-state index contributed by atoms with van der Waals surface area (Å²) >= 11 is 0. The van der Waals surface area contributed by atoms with Crippen molar-refractivity contribution in [1.82, 2.24) is 0 Å². The van der Waals surface area contributed by atoms with Crippen molar-refractivity contribution in [3.05, 3.63) is 59.2 Å². The van der Waals surface area contributed by atoms with Crippen molar-refractivity contribution in [2.24, 2.45) is 0 Å². The lowest BCUT2D eigenvalue weighted by atomic mass is 9.97. The monoisotopic (exact) mass is 266 g/mol. The average Bonchev–Trinajstić information content (AvgIpc) is 2.35. The molecule has 2 nitrogen and oxygen atoms in total. The third kappa shape index (κ3) is 2.81. The Morgan fingerprint density at radius 1 is 0.895 bits per heavy atom. The first kappa shape index (κ1) is 13.3. The van der Waals surface area contributed by atoms with Crippen LogP contribution >= 0.6 is 0 Å². The molecular weight excluding hydrogens is 253 g/mol. The molecule has 2 rings (SSSR count). The van der Waals surface area contributed by atoms with E-state index in [4.69, 9.17) is 11.5 Å². The van der Waals surface area contributed by atoms with Crippen LogP contribution in [0.3, 0.4) is 0 Å². The molecular formula is C14H13F3N2. The molecule has 0 aliphatic carbocycles. The second-order valence-electron chi connectivity index (χ2n) is 4.25. The molecule has 5 heteroatoms. The molecule has 0 aliphatic rings. The van der Waals surface area contributed by atoms with Crippen molar-refractivity contribution in [1.29, 1.82) is 0 Å². The second kappa shape index (κ2) is 4.84. The molecule has 2 aromatic carbocycles. The van der Waals surface area contributed by atoms with Gasteiger partial charge in [-0.05, 0) is 23.3 Å². The lowest BCUT2D eigenvalue weighted by Crippen LogP contribution is -2.13. The van der Waals surface area contributed by atoms with E-state index in [9.17, 15) is 13.2 Å². The van der Waals surface area contributed by atoms with Gasteiger partial charge in [0.25, 0.3) is 0 Å². The quantitative estimate of drug-likeness (QED) is 0.818. The summed E-state index contributed by atoms with van der Waals surface area (Å²) in [6, 6.07) is 11.0. The maximum Gasteiger partial charge on any atom is 0.416 e. The van der Waals surface area contributed by atoms with Gasteiger partial charge in [-0.15, -0.1) is 0 Å². The van der Waals surface area contributed by atoms with Crippen molar-refractivity contribution < 1.29 is 13.2 Å². The van der Waals surface area contributed by atoms with Crippen LogP contribution in [0.1, 0.15) is 16.7 Å². The number of rotatable bonds is 2. The fourth-order valence-electron chi connectivity index (χ4n) is 1.94. The van der Waals surface area contributed by atoms with E-state index in [1.54, 1.807) is 30.3 Å². The van der Waals surface area contributed by atoms with Crippen molar-refractivity contribution in [2.45, 2.75) is 12.6 Å². The lowest BCUT2D eigenvalue weighted by molar-refractivity contribution is -0.138. The molecule has 4 N–H and O–H groups in total. The second-order valence-corrected chi connectivity index (χ2v) is 4.25. The number of hydrogen-bond donors (Lipinski definition) is 2. The van der Waals surface area contributed by atoms with E-state index < -0.39 is 11.7 Å². The Balaban J connectivity index is 2.51.